The van der Waals surface area contributed by atoms with E-state index in [9.17, 15) is 24.6 Å². The van der Waals surface area contributed by atoms with Crippen LogP contribution in [-0.4, -0.2) is 48.8 Å². The zero-order valence-electron chi connectivity index (χ0n) is 11.4. The van der Waals surface area contributed by atoms with Crippen molar-refractivity contribution < 1.29 is 15.0 Å². The van der Waals surface area contributed by atoms with Crippen LogP contribution in [0.3, 0.4) is 0 Å². The van der Waals surface area contributed by atoms with Crippen LogP contribution in [0.25, 0.3) is 0 Å². The van der Waals surface area contributed by atoms with Gasteiger partial charge in [-0.2, -0.15) is 0 Å². The fourth-order valence-corrected chi connectivity index (χ4v) is 2.59. The van der Waals surface area contributed by atoms with Gasteiger partial charge in [0.25, 0.3) is 5.56 Å². The van der Waals surface area contributed by atoms with Crippen LogP contribution in [0.1, 0.15) is 25.6 Å². The normalized spacial score (nSPS) is 29.8. The summed E-state index contributed by atoms with van der Waals surface area (Å²) >= 11 is 0. The van der Waals surface area contributed by atoms with Crippen molar-refractivity contribution in [1.82, 2.24) is 14.5 Å². The van der Waals surface area contributed by atoms with E-state index in [1.165, 1.54) is 24.9 Å². The van der Waals surface area contributed by atoms with E-state index < -0.39 is 35.7 Å². The van der Waals surface area contributed by atoms with E-state index in [4.69, 9.17) is 0 Å². The minimum atomic E-state index is -1.31. The van der Waals surface area contributed by atoms with Gasteiger partial charge in [-0.3, -0.25) is 19.1 Å². The van der Waals surface area contributed by atoms with Crippen molar-refractivity contribution in [3.63, 3.8) is 0 Å². The summed E-state index contributed by atoms with van der Waals surface area (Å²) in [6, 6.07) is -0.633. The number of aliphatic hydroxyl groups is 2. The number of nitrogens with zero attached hydrogens (tertiary/aromatic N) is 2. The molecule has 1 aliphatic heterocycles. The first-order valence-electron chi connectivity index (χ1n) is 6.22. The van der Waals surface area contributed by atoms with Crippen molar-refractivity contribution in [3.05, 3.63) is 32.6 Å². The number of hydrogen-bond acceptors (Lipinski definition) is 5. The molecular formula is C12H17N3O5. The minimum absolute atomic E-state index is 0.273. The molecule has 1 aromatic rings. The van der Waals surface area contributed by atoms with Gasteiger partial charge in [-0.05, 0) is 13.8 Å². The van der Waals surface area contributed by atoms with Crippen LogP contribution in [0.15, 0.2) is 15.8 Å². The van der Waals surface area contributed by atoms with E-state index in [-0.39, 0.29) is 11.5 Å². The Labute approximate surface area is 114 Å². The zero-order valence-corrected chi connectivity index (χ0v) is 11.4. The maximum absolute atomic E-state index is 11.9. The van der Waals surface area contributed by atoms with Crippen LogP contribution in [-0.2, 0) is 4.79 Å². The first-order chi connectivity index (χ1) is 9.25. The smallest absolute Gasteiger partial charge is 0.330 e. The second-order valence-electron chi connectivity index (χ2n) is 5.04. The number of aromatic amines is 1. The molecule has 1 aromatic heterocycles. The first-order valence-corrected chi connectivity index (χ1v) is 6.22. The Morgan fingerprint density at radius 3 is 2.45 bits per heavy atom. The molecule has 0 spiro atoms. The molecule has 8 heteroatoms. The van der Waals surface area contributed by atoms with Crippen LogP contribution >= 0.6 is 0 Å². The van der Waals surface area contributed by atoms with E-state index in [2.05, 4.69) is 4.98 Å². The Kier molecular flexibility index (Phi) is 3.53. The molecule has 1 aliphatic rings. The third-order valence-corrected chi connectivity index (χ3v) is 3.67. The molecule has 3 N–H and O–H groups in total. The zero-order chi connectivity index (χ0) is 15.2. The third-order valence-electron chi connectivity index (χ3n) is 3.67. The van der Waals surface area contributed by atoms with Crippen molar-refractivity contribution in [2.45, 2.75) is 45.2 Å². The molecule has 4 atom stereocenters. The standard InChI is InChI=1S/C12H17N3O5/c1-5-4-14(12(20)13-10(5)19)11-9(18)8(17)6(2)15(11)7(3)16/h4,6,8-9,11,17-18H,1-3H3,(H,13,19,20)/t6-,8-,9-,11+/m0/s1. The molecule has 20 heavy (non-hydrogen) atoms. The van der Waals surface area contributed by atoms with Gasteiger partial charge in [0.05, 0.1) is 6.04 Å². The molecule has 0 unspecified atom stereocenters. The van der Waals surface area contributed by atoms with Crippen molar-refractivity contribution >= 4 is 5.91 Å². The lowest BCUT2D eigenvalue weighted by Crippen LogP contribution is -2.44. The molecule has 2 rings (SSSR count). The van der Waals surface area contributed by atoms with Gasteiger partial charge in [-0.1, -0.05) is 0 Å². The maximum atomic E-state index is 11.9. The molecule has 0 aliphatic carbocycles. The lowest BCUT2D eigenvalue weighted by molar-refractivity contribution is -0.134. The summed E-state index contributed by atoms with van der Waals surface area (Å²) in [5.74, 6) is -0.381. The van der Waals surface area contributed by atoms with Gasteiger partial charge in [0.1, 0.15) is 18.4 Å². The van der Waals surface area contributed by atoms with Crippen LogP contribution in [0.4, 0.5) is 0 Å². The highest BCUT2D eigenvalue weighted by Gasteiger charge is 2.48. The summed E-state index contributed by atoms with van der Waals surface area (Å²) in [5, 5.41) is 20.0. The molecule has 1 fully saturated rings. The number of H-pyrrole nitrogens is 1. The van der Waals surface area contributed by atoms with Crippen molar-refractivity contribution in [3.8, 4) is 0 Å². The van der Waals surface area contributed by atoms with Gasteiger partial charge in [0.2, 0.25) is 5.91 Å². The highest BCUT2D eigenvalue weighted by molar-refractivity contribution is 5.74. The number of carbonyl (C=O) groups is 1. The summed E-state index contributed by atoms with van der Waals surface area (Å²) in [7, 11) is 0. The number of rotatable bonds is 1. The summed E-state index contributed by atoms with van der Waals surface area (Å²) < 4.78 is 1.06. The largest absolute Gasteiger partial charge is 0.388 e. The second-order valence-corrected chi connectivity index (χ2v) is 5.04. The summed E-state index contributed by atoms with van der Waals surface area (Å²) in [6.45, 7) is 4.38. The number of nitrogens with one attached hydrogen (secondary N) is 1. The SMILES string of the molecule is CC(=O)N1[C@@H](C)[C@H](O)[C@H](O)[C@@H]1n1cc(C)c(=O)[nH]c1=O. The number of aliphatic hydroxyl groups excluding tert-OH is 2. The van der Waals surface area contributed by atoms with Crippen LogP contribution < -0.4 is 11.2 Å². The summed E-state index contributed by atoms with van der Waals surface area (Å²) in [4.78, 5) is 38.3. The second kappa shape index (κ2) is 4.88. The van der Waals surface area contributed by atoms with Gasteiger partial charge < -0.3 is 15.1 Å². The molecule has 0 bridgehead atoms. The van der Waals surface area contributed by atoms with Gasteiger partial charge in [-0.15, -0.1) is 0 Å². The number of aryl methyl sites for hydroxylation is 1. The van der Waals surface area contributed by atoms with Gasteiger partial charge >= 0.3 is 5.69 Å². The van der Waals surface area contributed by atoms with Crippen molar-refractivity contribution in [1.29, 1.82) is 0 Å². The topological polar surface area (TPSA) is 116 Å². The first kappa shape index (κ1) is 14.5. The fourth-order valence-electron chi connectivity index (χ4n) is 2.59. The molecule has 8 nitrogen and oxygen atoms in total. The Morgan fingerprint density at radius 1 is 1.30 bits per heavy atom. The number of carbonyl (C=O) groups excluding carboxylic acids is 1. The Bertz CT molecular complexity index is 649. The predicted molar refractivity (Wildman–Crippen MR) is 69.1 cm³/mol. The van der Waals surface area contributed by atoms with Gasteiger partial charge in [0.15, 0.2) is 0 Å². The predicted octanol–water partition coefficient (Wildman–Crippen LogP) is -1.68. The van der Waals surface area contributed by atoms with Crippen LogP contribution in [0.2, 0.25) is 0 Å². The summed E-state index contributed by atoms with van der Waals surface area (Å²) in [6.07, 6.45) is -2.24. The van der Waals surface area contributed by atoms with Gasteiger partial charge in [-0.25, -0.2) is 4.79 Å². The molecule has 2 heterocycles. The number of aromatic nitrogens is 2. The number of likely N-dealkylation sites (tertiary alicyclic amines) is 1. The average molecular weight is 283 g/mol. The van der Waals surface area contributed by atoms with Crippen molar-refractivity contribution in [2.24, 2.45) is 0 Å². The number of amides is 1. The quantitative estimate of drug-likeness (QED) is 0.569. The van der Waals surface area contributed by atoms with Crippen LogP contribution in [0, 0.1) is 6.92 Å². The van der Waals surface area contributed by atoms with Crippen LogP contribution in [0.5, 0.6) is 0 Å². The molecule has 0 radical (unpaired) electrons. The van der Waals surface area contributed by atoms with Crippen molar-refractivity contribution in [2.75, 3.05) is 0 Å². The average Bonchev–Trinajstić information content (AvgIpc) is 2.58. The Morgan fingerprint density at radius 2 is 1.90 bits per heavy atom. The highest BCUT2D eigenvalue weighted by atomic mass is 16.3. The van der Waals surface area contributed by atoms with E-state index >= 15 is 0 Å². The van der Waals surface area contributed by atoms with E-state index in [0.717, 1.165) is 4.57 Å². The summed E-state index contributed by atoms with van der Waals surface area (Å²) in [5.41, 5.74) is -0.992. The third kappa shape index (κ3) is 2.06. The minimum Gasteiger partial charge on any atom is -0.388 e. The molecule has 0 aromatic carbocycles. The Balaban J connectivity index is 2.60. The maximum Gasteiger partial charge on any atom is 0.330 e. The Hall–Kier alpha value is -1.93. The lowest BCUT2D eigenvalue weighted by atomic mass is 10.1. The molecular weight excluding hydrogens is 266 g/mol. The van der Waals surface area contributed by atoms with E-state index in [0.29, 0.717) is 0 Å². The lowest BCUT2D eigenvalue weighted by Gasteiger charge is -2.28. The van der Waals surface area contributed by atoms with Gasteiger partial charge in [0, 0.05) is 18.7 Å². The molecule has 110 valence electrons. The van der Waals surface area contributed by atoms with E-state index in [1.54, 1.807) is 6.92 Å². The molecule has 1 saturated heterocycles. The molecule has 1 amide bonds. The monoisotopic (exact) mass is 283 g/mol. The highest BCUT2D eigenvalue weighted by Crippen LogP contribution is 2.31. The molecule has 0 saturated carbocycles. The van der Waals surface area contributed by atoms with E-state index in [1.807, 2.05) is 0 Å². The number of hydrogen-bond donors (Lipinski definition) is 3. The fraction of sp³-hybridized carbons (Fsp3) is 0.583.